The van der Waals surface area contributed by atoms with Crippen molar-refractivity contribution in [2.45, 2.75) is 44.3 Å². The molecule has 2 N–H and O–H groups in total. The molecule has 0 aliphatic heterocycles. The lowest BCUT2D eigenvalue weighted by Gasteiger charge is -2.32. The molecule has 1 aromatic heterocycles. The maximum absolute atomic E-state index is 15.8. The highest BCUT2D eigenvalue weighted by atomic mass is 35.5. The van der Waals surface area contributed by atoms with Crippen LogP contribution in [0, 0.1) is 5.82 Å². The Morgan fingerprint density at radius 3 is 2.81 bits per heavy atom. The molecule has 6 nitrogen and oxygen atoms in total. The summed E-state index contributed by atoms with van der Waals surface area (Å²) in [5.41, 5.74) is 2.57. The number of hydrogen-bond donors (Lipinski definition) is 2. The minimum absolute atomic E-state index is 0.0996. The van der Waals surface area contributed by atoms with Crippen LogP contribution in [0.15, 0.2) is 53.3 Å². The van der Waals surface area contributed by atoms with Gasteiger partial charge in [0, 0.05) is 43.8 Å². The van der Waals surface area contributed by atoms with E-state index in [9.17, 15) is 14.0 Å². The molecular weight excluding hydrogens is 438 g/mol. The van der Waals surface area contributed by atoms with E-state index in [1.807, 2.05) is 6.07 Å². The molecule has 0 bridgehead atoms. The molecule has 0 saturated heterocycles. The summed E-state index contributed by atoms with van der Waals surface area (Å²) in [7, 11) is 1.79. The van der Waals surface area contributed by atoms with Gasteiger partial charge in [-0.1, -0.05) is 17.7 Å². The van der Waals surface area contributed by atoms with E-state index in [0.29, 0.717) is 48.1 Å². The second-order valence-electron chi connectivity index (χ2n) is 8.05. The van der Waals surface area contributed by atoms with Gasteiger partial charge in [-0.05, 0) is 54.7 Å². The lowest BCUT2D eigenvalue weighted by molar-refractivity contribution is -0.124. The molecule has 0 radical (unpaired) electrons. The molecule has 1 atom stereocenters. The van der Waals surface area contributed by atoms with Crippen LogP contribution in [-0.4, -0.2) is 27.4 Å². The highest BCUT2D eigenvalue weighted by Gasteiger charge is 2.43. The molecule has 0 spiro atoms. The summed E-state index contributed by atoms with van der Waals surface area (Å²) in [4.78, 5) is 25.3. The molecule has 168 valence electrons. The third-order valence-electron chi connectivity index (χ3n) is 5.75. The fraction of sp³-hybridized carbons (Fsp3) is 0.348. The molecule has 4 rings (SSSR count). The zero-order valence-electron chi connectivity index (χ0n) is 17.6. The third-order valence-corrected chi connectivity index (χ3v) is 6.04. The van der Waals surface area contributed by atoms with Crippen molar-refractivity contribution in [1.82, 2.24) is 15.1 Å². The van der Waals surface area contributed by atoms with Gasteiger partial charge in [-0.2, -0.15) is 5.10 Å². The van der Waals surface area contributed by atoms with Crippen molar-refractivity contribution in [3.05, 3.63) is 69.8 Å². The van der Waals surface area contributed by atoms with Gasteiger partial charge in [0.15, 0.2) is 0 Å². The Kier molecular flexibility index (Phi) is 6.15. The molecule has 32 heavy (non-hydrogen) atoms. The molecule has 0 saturated carbocycles. The highest BCUT2D eigenvalue weighted by Crippen LogP contribution is 2.44. The van der Waals surface area contributed by atoms with Crippen molar-refractivity contribution in [2.75, 3.05) is 5.32 Å². The summed E-state index contributed by atoms with van der Waals surface area (Å²) >= 11 is 5.78. The quantitative estimate of drug-likeness (QED) is 0.628. The Bertz CT molecular complexity index is 1140. The fourth-order valence-electron chi connectivity index (χ4n) is 4.22. The number of anilines is 1. The maximum atomic E-state index is 15.8. The van der Waals surface area contributed by atoms with E-state index >= 15 is 4.39 Å². The fourth-order valence-corrected chi connectivity index (χ4v) is 4.40. The van der Waals surface area contributed by atoms with Crippen molar-refractivity contribution in [3.63, 3.8) is 0 Å². The normalized spacial score (nSPS) is 20.1. The monoisotopic (exact) mass is 460 g/mol. The number of aryl methyl sites for hydroxylation is 2. The predicted octanol–water partition coefficient (Wildman–Crippen LogP) is 4.38. The average Bonchev–Trinajstić information content (AvgIpc) is 3.39. The number of nitrogens with one attached hydrogen (secondary N) is 2. The van der Waals surface area contributed by atoms with Crippen molar-refractivity contribution < 1.29 is 18.4 Å². The molecule has 0 fully saturated rings. The standard InChI is InChI=1S/C23H23ClF2N4O2/c1-30-12-10-14(29-30)6-8-21(31)28-23(26)11-9-17(16-3-2-4-18(16)23)22(32)27-15-5-7-20(25)19(24)13-15/h5,7,9-10,12-13H,2-4,6,8,11H2,1H3,(H,27,32)(H,28,31)/t23-/m1/s1. The summed E-state index contributed by atoms with van der Waals surface area (Å²) in [5, 5.41) is 9.35. The average molecular weight is 461 g/mol. The number of benzene rings is 1. The largest absolute Gasteiger partial charge is 0.322 e. The number of nitrogens with zero attached hydrogens (tertiary/aromatic N) is 2. The van der Waals surface area contributed by atoms with Gasteiger partial charge in [-0.25, -0.2) is 8.78 Å². The van der Waals surface area contributed by atoms with Crippen LogP contribution in [-0.2, 0) is 23.1 Å². The Hall–Kier alpha value is -3.00. The minimum Gasteiger partial charge on any atom is -0.322 e. The van der Waals surface area contributed by atoms with Crippen LogP contribution in [0.2, 0.25) is 5.02 Å². The number of carbonyl (C=O) groups excluding carboxylic acids is 2. The van der Waals surface area contributed by atoms with Crippen molar-refractivity contribution >= 4 is 29.1 Å². The van der Waals surface area contributed by atoms with Crippen LogP contribution >= 0.6 is 11.6 Å². The van der Waals surface area contributed by atoms with E-state index in [0.717, 1.165) is 5.69 Å². The summed E-state index contributed by atoms with van der Waals surface area (Å²) in [6, 6.07) is 5.72. The number of hydrogen-bond acceptors (Lipinski definition) is 3. The van der Waals surface area contributed by atoms with Gasteiger partial charge < -0.3 is 10.6 Å². The molecule has 1 heterocycles. The first-order valence-corrected chi connectivity index (χ1v) is 10.8. The predicted molar refractivity (Wildman–Crippen MR) is 117 cm³/mol. The Morgan fingerprint density at radius 1 is 1.28 bits per heavy atom. The van der Waals surface area contributed by atoms with Crippen LogP contribution < -0.4 is 10.6 Å². The van der Waals surface area contributed by atoms with Crippen LogP contribution in [0.1, 0.15) is 37.8 Å². The van der Waals surface area contributed by atoms with Crippen LogP contribution in [0.3, 0.4) is 0 Å². The summed E-state index contributed by atoms with van der Waals surface area (Å²) < 4.78 is 30.8. The van der Waals surface area contributed by atoms with Crippen molar-refractivity contribution in [1.29, 1.82) is 0 Å². The van der Waals surface area contributed by atoms with Crippen LogP contribution in [0.5, 0.6) is 0 Å². The number of rotatable bonds is 6. The number of amides is 2. The Labute approximate surface area is 189 Å². The zero-order valence-corrected chi connectivity index (χ0v) is 18.3. The smallest absolute Gasteiger partial charge is 0.255 e. The Morgan fingerprint density at radius 2 is 2.09 bits per heavy atom. The van der Waals surface area contributed by atoms with E-state index in [2.05, 4.69) is 15.7 Å². The van der Waals surface area contributed by atoms with Gasteiger partial charge in [0.2, 0.25) is 11.7 Å². The molecule has 0 unspecified atom stereocenters. The second kappa shape index (κ2) is 8.86. The molecule has 9 heteroatoms. The summed E-state index contributed by atoms with van der Waals surface area (Å²) in [5.74, 6) is -3.40. The maximum Gasteiger partial charge on any atom is 0.255 e. The van der Waals surface area contributed by atoms with E-state index < -0.39 is 23.4 Å². The first-order valence-electron chi connectivity index (χ1n) is 10.4. The molecular formula is C23H23ClF2N4O2. The molecule has 2 aliphatic carbocycles. The van der Waals surface area contributed by atoms with Gasteiger partial charge in [0.1, 0.15) is 5.82 Å². The second-order valence-corrected chi connectivity index (χ2v) is 8.45. The van der Waals surface area contributed by atoms with E-state index in [1.54, 1.807) is 17.9 Å². The molecule has 2 aromatic rings. The topological polar surface area (TPSA) is 76.0 Å². The molecule has 2 amide bonds. The van der Waals surface area contributed by atoms with Crippen LogP contribution in [0.25, 0.3) is 0 Å². The number of carbonyl (C=O) groups is 2. The number of alkyl halides is 1. The SMILES string of the molecule is Cn1ccc(CCC(=O)N[C@]2(F)CC=C(C(=O)Nc3ccc(F)c(Cl)c3)C3=C2CCC3)n1. The lowest BCUT2D eigenvalue weighted by Crippen LogP contribution is -2.47. The first-order chi connectivity index (χ1) is 15.2. The minimum atomic E-state index is -2.00. The first kappa shape index (κ1) is 22.2. The number of aromatic nitrogens is 2. The lowest BCUT2D eigenvalue weighted by atomic mass is 9.86. The third kappa shape index (κ3) is 4.60. The zero-order chi connectivity index (χ0) is 22.9. The Balaban J connectivity index is 1.45. The van der Waals surface area contributed by atoms with Crippen molar-refractivity contribution in [2.24, 2.45) is 7.05 Å². The van der Waals surface area contributed by atoms with Gasteiger partial charge in [0.25, 0.3) is 5.91 Å². The molecule has 1 aromatic carbocycles. The summed E-state index contributed by atoms with van der Waals surface area (Å²) in [6.07, 6.45) is 5.43. The van der Waals surface area contributed by atoms with E-state index in [1.165, 1.54) is 24.3 Å². The highest BCUT2D eigenvalue weighted by molar-refractivity contribution is 6.31. The van der Waals surface area contributed by atoms with Gasteiger partial charge in [-0.15, -0.1) is 0 Å². The number of halogens is 3. The van der Waals surface area contributed by atoms with Gasteiger partial charge in [0.05, 0.1) is 10.7 Å². The van der Waals surface area contributed by atoms with E-state index in [4.69, 9.17) is 11.6 Å². The van der Waals surface area contributed by atoms with Crippen molar-refractivity contribution in [3.8, 4) is 0 Å². The van der Waals surface area contributed by atoms with E-state index in [-0.39, 0.29) is 17.9 Å². The molecule has 2 aliphatic rings. The van der Waals surface area contributed by atoms with Crippen LogP contribution in [0.4, 0.5) is 14.5 Å². The van der Waals surface area contributed by atoms with Gasteiger partial charge >= 0.3 is 0 Å². The van der Waals surface area contributed by atoms with Gasteiger partial charge in [-0.3, -0.25) is 14.3 Å². The summed E-state index contributed by atoms with van der Waals surface area (Å²) in [6.45, 7) is 0.